The standard InChI is InChI=1S/C11H9F2N3OS/c12-6-1-2-8(13)7(5-6)9(14)10(17)16-11-15-3-4-18-11/h1-5,9H,14H2,(H,15,16,17)/t9-/m1/s1. The van der Waals surface area contributed by atoms with E-state index in [2.05, 4.69) is 10.3 Å². The van der Waals surface area contributed by atoms with Crippen LogP contribution >= 0.6 is 11.3 Å². The van der Waals surface area contributed by atoms with E-state index in [-0.39, 0.29) is 5.56 Å². The van der Waals surface area contributed by atoms with E-state index < -0.39 is 23.6 Å². The van der Waals surface area contributed by atoms with Gasteiger partial charge in [-0.25, -0.2) is 13.8 Å². The van der Waals surface area contributed by atoms with Crippen LogP contribution in [0.1, 0.15) is 11.6 Å². The summed E-state index contributed by atoms with van der Waals surface area (Å²) in [7, 11) is 0. The molecular formula is C11H9F2N3OS. The molecule has 1 aromatic carbocycles. The molecule has 2 aromatic rings. The molecule has 1 amide bonds. The predicted octanol–water partition coefficient (Wildman–Crippen LogP) is 2.06. The number of carbonyl (C=O) groups excluding carboxylic acids is 1. The van der Waals surface area contributed by atoms with Crippen molar-refractivity contribution in [3.05, 3.63) is 47.0 Å². The number of nitrogens with zero attached hydrogens (tertiary/aromatic N) is 1. The van der Waals surface area contributed by atoms with Crippen molar-refractivity contribution in [3.63, 3.8) is 0 Å². The topological polar surface area (TPSA) is 68.0 Å². The Balaban J connectivity index is 2.17. The van der Waals surface area contributed by atoms with Gasteiger partial charge in [-0.3, -0.25) is 4.79 Å². The van der Waals surface area contributed by atoms with Crippen LogP contribution in [0.5, 0.6) is 0 Å². The number of aromatic nitrogens is 1. The molecule has 0 bridgehead atoms. The first kappa shape index (κ1) is 12.6. The largest absolute Gasteiger partial charge is 0.316 e. The molecule has 0 unspecified atom stereocenters. The predicted molar refractivity (Wildman–Crippen MR) is 64.0 cm³/mol. The molecule has 18 heavy (non-hydrogen) atoms. The van der Waals surface area contributed by atoms with Gasteiger partial charge in [-0.2, -0.15) is 0 Å². The smallest absolute Gasteiger partial charge is 0.247 e. The SMILES string of the molecule is N[C@@H](C(=O)Nc1nccs1)c1cc(F)ccc1F. The Morgan fingerprint density at radius 3 is 2.89 bits per heavy atom. The molecule has 0 fully saturated rings. The van der Waals surface area contributed by atoms with Crippen molar-refractivity contribution in [3.8, 4) is 0 Å². The lowest BCUT2D eigenvalue weighted by Gasteiger charge is -2.12. The Labute approximate surface area is 105 Å². The van der Waals surface area contributed by atoms with Gasteiger partial charge in [0.15, 0.2) is 5.13 Å². The summed E-state index contributed by atoms with van der Waals surface area (Å²) in [4.78, 5) is 15.6. The molecule has 1 aromatic heterocycles. The Morgan fingerprint density at radius 2 is 2.22 bits per heavy atom. The van der Waals surface area contributed by atoms with Crippen molar-refractivity contribution in [2.24, 2.45) is 5.73 Å². The van der Waals surface area contributed by atoms with Crippen LogP contribution in [-0.2, 0) is 4.79 Å². The lowest BCUT2D eigenvalue weighted by Crippen LogP contribution is -2.28. The fourth-order valence-electron chi connectivity index (χ4n) is 1.36. The van der Waals surface area contributed by atoms with E-state index in [0.717, 1.165) is 18.2 Å². The molecule has 1 atom stereocenters. The minimum atomic E-state index is -1.29. The van der Waals surface area contributed by atoms with E-state index in [1.807, 2.05) is 0 Å². The molecule has 7 heteroatoms. The lowest BCUT2D eigenvalue weighted by molar-refractivity contribution is -0.117. The normalized spacial score (nSPS) is 12.2. The Morgan fingerprint density at radius 1 is 1.44 bits per heavy atom. The maximum atomic E-state index is 13.4. The number of thiazole rings is 1. The van der Waals surface area contributed by atoms with Crippen molar-refractivity contribution in [2.45, 2.75) is 6.04 Å². The van der Waals surface area contributed by atoms with Crippen molar-refractivity contribution >= 4 is 22.4 Å². The quantitative estimate of drug-likeness (QED) is 0.896. The van der Waals surface area contributed by atoms with Crippen LogP contribution in [0.4, 0.5) is 13.9 Å². The van der Waals surface area contributed by atoms with Gasteiger partial charge in [-0.15, -0.1) is 11.3 Å². The van der Waals surface area contributed by atoms with Crippen LogP contribution in [0.2, 0.25) is 0 Å². The van der Waals surface area contributed by atoms with Gasteiger partial charge in [0.1, 0.15) is 17.7 Å². The Bertz CT molecular complexity index is 559. The van der Waals surface area contributed by atoms with Crippen molar-refractivity contribution < 1.29 is 13.6 Å². The van der Waals surface area contributed by atoms with E-state index in [9.17, 15) is 13.6 Å². The van der Waals surface area contributed by atoms with Gasteiger partial charge in [0, 0.05) is 17.1 Å². The fraction of sp³-hybridized carbons (Fsp3) is 0.0909. The average Bonchev–Trinajstić information content (AvgIpc) is 2.84. The van der Waals surface area contributed by atoms with E-state index in [1.165, 1.54) is 17.5 Å². The first-order valence-electron chi connectivity index (χ1n) is 4.99. The van der Waals surface area contributed by atoms with E-state index in [0.29, 0.717) is 5.13 Å². The van der Waals surface area contributed by atoms with Gasteiger partial charge in [-0.1, -0.05) is 0 Å². The molecule has 4 nitrogen and oxygen atoms in total. The highest BCUT2D eigenvalue weighted by atomic mass is 32.1. The number of hydrogen-bond donors (Lipinski definition) is 2. The zero-order valence-corrected chi connectivity index (χ0v) is 9.88. The molecule has 0 radical (unpaired) electrons. The van der Waals surface area contributed by atoms with Gasteiger partial charge >= 0.3 is 0 Å². The van der Waals surface area contributed by atoms with Crippen LogP contribution in [0.3, 0.4) is 0 Å². The van der Waals surface area contributed by atoms with Crippen LogP contribution in [-0.4, -0.2) is 10.9 Å². The molecule has 0 saturated carbocycles. The number of anilines is 1. The summed E-state index contributed by atoms with van der Waals surface area (Å²) in [6.45, 7) is 0. The number of hydrogen-bond acceptors (Lipinski definition) is 4. The number of benzene rings is 1. The molecule has 3 N–H and O–H groups in total. The second-order valence-electron chi connectivity index (χ2n) is 3.47. The van der Waals surface area contributed by atoms with Gasteiger partial charge in [0.05, 0.1) is 0 Å². The summed E-state index contributed by atoms with van der Waals surface area (Å²) in [5.74, 6) is -2.02. The molecule has 0 aliphatic carbocycles. The number of nitrogens with two attached hydrogens (primary N) is 1. The minimum absolute atomic E-state index is 0.191. The maximum Gasteiger partial charge on any atom is 0.247 e. The van der Waals surface area contributed by atoms with Crippen LogP contribution in [0, 0.1) is 11.6 Å². The number of carbonyl (C=O) groups is 1. The third-order valence-electron chi connectivity index (χ3n) is 2.24. The first-order chi connectivity index (χ1) is 8.58. The molecule has 94 valence electrons. The summed E-state index contributed by atoms with van der Waals surface area (Å²) in [5, 5.41) is 4.45. The van der Waals surface area contributed by atoms with Gasteiger partial charge < -0.3 is 11.1 Å². The molecule has 0 aliphatic rings. The molecule has 0 spiro atoms. The van der Waals surface area contributed by atoms with Gasteiger partial charge in [-0.05, 0) is 18.2 Å². The van der Waals surface area contributed by atoms with Gasteiger partial charge in [0.25, 0.3) is 0 Å². The highest BCUT2D eigenvalue weighted by Gasteiger charge is 2.20. The molecular weight excluding hydrogens is 260 g/mol. The third kappa shape index (κ3) is 2.69. The number of nitrogens with one attached hydrogen (secondary N) is 1. The second-order valence-corrected chi connectivity index (χ2v) is 4.36. The zero-order chi connectivity index (χ0) is 13.1. The summed E-state index contributed by atoms with van der Waals surface area (Å²) in [6, 6.07) is 1.51. The number of halogens is 2. The highest BCUT2D eigenvalue weighted by Crippen LogP contribution is 2.19. The van der Waals surface area contributed by atoms with Crippen molar-refractivity contribution in [1.29, 1.82) is 0 Å². The highest BCUT2D eigenvalue weighted by molar-refractivity contribution is 7.13. The van der Waals surface area contributed by atoms with E-state index >= 15 is 0 Å². The second kappa shape index (κ2) is 5.19. The van der Waals surface area contributed by atoms with Crippen molar-refractivity contribution in [1.82, 2.24) is 4.98 Å². The maximum absolute atomic E-state index is 13.4. The first-order valence-corrected chi connectivity index (χ1v) is 5.87. The summed E-state index contributed by atoms with van der Waals surface area (Å²) in [6.07, 6.45) is 1.51. The molecule has 1 heterocycles. The number of amides is 1. The molecule has 2 rings (SSSR count). The lowest BCUT2D eigenvalue weighted by atomic mass is 10.1. The monoisotopic (exact) mass is 269 g/mol. The summed E-state index contributed by atoms with van der Waals surface area (Å²) >= 11 is 1.20. The third-order valence-corrected chi connectivity index (χ3v) is 2.93. The van der Waals surface area contributed by atoms with Gasteiger partial charge in [0.2, 0.25) is 5.91 Å². The van der Waals surface area contributed by atoms with Crippen molar-refractivity contribution in [2.75, 3.05) is 5.32 Å². The summed E-state index contributed by atoms with van der Waals surface area (Å²) in [5.41, 5.74) is 5.39. The van der Waals surface area contributed by atoms with Crippen LogP contribution in [0.25, 0.3) is 0 Å². The van der Waals surface area contributed by atoms with Crippen LogP contribution in [0.15, 0.2) is 29.8 Å². The summed E-state index contributed by atoms with van der Waals surface area (Å²) < 4.78 is 26.4. The number of rotatable bonds is 3. The Hall–Kier alpha value is -1.86. The Kier molecular flexibility index (Phi) is 3.63. The fourth-order valence-corrected chi connectivity index (χ4v) is 1.89. The molecule has 0 aliphatic heterocycles. The van der Waals surface area contributed by atoms with E-state index in [4.69, 9.17) is 5.73 Å². The average molecular weight is 269 g/mol. The molecule has 0 saturated heterocycles. The minimum Gasteiger partial charge on any atom is -0.316 e. The van der Waals surface area contributed by atoms with E-state index in [1.54, 1.807) is 5.38 Å². The zero-order valence-electron chi connectivity index (χ0n) is 9.06. The van der Waals surface area contributed by atoms with Crippen LogP contribution < -0.4 is 11.1 Å².